The summed E-state index contributed by atoms with van der Waals surface area (Å²) in [5.41, 5.74) is 0. The van der Waals surface area contributed by atoms with Crippen molar-refractivity contribution < 1.29 is 9.47 Å². The van der Waals surface area contributed by atoms with Crippen LogP contribution in [0.3, 0.4) is 0 Å². The molecule has 0 radical (unpaired) electrons. The predicted octanol–water partition coefficient (Wildman–Crippen LogP) is 2.70. The van der Waals surface area contributed by atoms with Crippen LogP contribution >= 0.6 is 0 Å². The molecule has 0 aromatic rings. The molecule has 0 aliphatic carbocycles. The van der Waals surface area contributed by atoms with Crippen molar-refractivity contribution in [1.82, 2.24) is 0 Å². The van der Waals surface area contributed by atoms with Crippen LogP contribution in [-0.4, -0.2) is 13.4 Å². The van der Waals surface area contributed by atoms with Gasteiger partial charge in [0.25, 0.3) is 0 Å². The molecule has 0 unspecified atom stereocenters. The van der Waals surface area contributed by atoms with E-state index in [4.69, 9.17) is 9.47 Å². The van der Waals surface area contributed by atoms with Crippen LogP contribution in [0.15, 0.2) is 12.3 Å². The molecule has 0 fully saturated rings. The Kier molecular flexibility index (Phi) is 9.07. The minimum absolute atomic E-state index is 0.385. The van der Waals surface area contributed by atoms with Gasteiger partial charge < -0.3 is 9.47 Å². The number of hydrogen-bond donors (Lipinski definition) is 0. The van der Waals surface area contributed by atoms with Crippen molar-refractivity contribution in [2.45, 2.75) is 33.1 Å². The monoisotopic (exact) mass is 158 g/mol. The molecular weight excluding hydrogens is 140 g/mol. The SMILES string of the molecule is CC/C=C/OCOCCCC. The maximum absolute atomic E-state index is 5.15. The number of allylic oxidation sites excluding steroid dienone is 1. The fourth-order valence-electron chi connectivity index (χ4n) is 0.557. The summed E-state index contributed by atoms with van der Waals surface area (Å²) < 4.78 is 10.2. The lowest BCUT2D eigenvalue weighted by Crippen LogP contribution is -1.97. The van der Waals surface area contributed by atoms with Gasteiger partial charge in [0.15, 0.2) is 6.79 Å². The van der Waals surface area contributed by atoms with Gasteiger partial charge in [-0.2, -0.15) is 0 Å². The van der Waals surface area contributed by atoms with Crippen molar-refractivity contribution in [3.63, 3.8) is 0 Å². The van der Waals surface area contributed by atoms with Gasteiger partial charge in [-0.1, -0.05) is 20.3 Å². The Morgan fingerprint density at radius 3 is 2.73 bits per heavy atom. The topological polar surface area (TPSA) is 18.5 Å². The third kappa shape index (κ3) is 9.50. The summed E-state index contributed by atoms with van der Waals surface area (Å²) in [7, 11) is 0. The van der Waals surface area contributed by atoms with Crippen molar-refractivity contribution >= 4 is 0 Å². The minimum Gasteiger partial charge on any atom is -0.475 e. The van der Waals surface area contributed by atoms with E-state index in [0.717, 1.165) is 19.4 Å². The van der Waals surface area contributed by atoms with Crippen molar-refractivity contribution in [3.8, 4) is 0 Å². The standard InChI is InChI=1S/C9H18O2/c1-3-5-7-10-9-11-8-6-4-2/h5,7H,3-4,6,8-9H2,1-2H3/b7-5+. The Hall–Kier alpha value is -0.500. The number of ether oxygens (including phenoxy) is 2. The van der Waals surface area contributed by atoms with Crippen LogP contribution in [0.1, 0.15) is 33.1 Å². The van der Waals surface area contributed by atoms with E-state index >= 15 is 0 Å². The van der Waals surface area contributed by atoms with E-state index in [0.29, 0.717) is 6.79 Å². The molecule has 0 rings (SSSR count). The summed E-state index contributed by atoms with van der Waals surface area (Å²) in [5.74, 6) is 0. The van der Waals surface area contributed by atoms with E-state index in [9.17, 15) is 0 Å². The average molecular weight is 158 g/mol. The van der Waals surface area contributed by atoms with Crippen molar-refractivity contribution in [3.05, 3.63) is 12.3 Å². The molecule has 2 heteroatoms. The Morgan fingerprint density at radius 1 is 1.27 bits per heavy atom. The van der Waals surface area contributed by atoms with Gasteiger partial charge in [-0.3, -0.25) is 0 Å². The summed E-state index contributed by atoms with van der Waals surface area (Å²) in [6.45, 7) is 5.39. The highest BCUT2D eigenvalue weighted by molar-refractivity contribution is 4.69. The average Bonchev–Trinajstić information content (AvgIpc) is 2.03. The lowest BCUT2D eigenvalue weighted by Gasteiger charge is -2.01. The Labute approximate surface area is 69.2 Å². The third-order valence-electron chi connectivity index (χ3n) is 1.22. The zero-order chi connectivity index (χ0) is 8.36. The predicted molar refractivity (Wildman–Crippen MR) is 46.2 cm³/mol. The second-order valence-corrected chi connectivity index (χ2v) is 2.33. The molecule has 0 N–H and O–H groups in total. The highest BCUT2D eigenvalue weighted by Gasteiger charge is 1.83. The van der Waals surface area contributed by atoms with Crippen LogP contribution in [0.2, 0.25) is 0 Å². The normalized spacial score (nSPS) is 10.7. The fourth-order valence-corrected chi connectivity index (χ4v) is 0.557. The zero-order valence-electron chi connectivity index (χ0n) is 7.51. The van der Waals surface area contributed by atoms with Gasteiger partial charge in [-0.25, -0.2) is 0 Å². The molecule has 0 bridgehead atoms. The molecule has 0 atom stereocenters. The summed E-state index contributed by atoms with van der Waals surface area (Å²) in [6.07, 6.45) is 6.94. The van der Waals surface area contributed by atoms with Crippen molar-refractivity contribution in [1.29, 1.82) is 0 Å². The Bertz CT molecular complexity index is 89.6. The van der Waals surface area contributed by atoms with E-state index in [1.807, 2.05) is 6.08 Å². The fraction of sp³-hybridized carbons (Fsp3) is 0.778. The zero-order valence-corrected chi connectivity index (χ0v) is 7.51. The molecule has 66 valence electrons. The van der Waals surface area contributed by atoms with Gasteiger partial charge in [0.2, 0.25) is 0 Å². The number of hydrogen-bond acceptors (Lipinski definition) is 2. The first-order valence-electron chi connectivity index (χ1n) is 4.26. The summed E-state index contributed by atoms with van der Waals surface area (Å²) in [5, 5.41) is 0. The molecule has 0 saturated heterocycles. The maximum Gasteiger partial charge on any atom is 0.188 e. The second-order valence-electron chi connectivity index (χ2n) is 2.33. The van der Waals surface area contributed by atoms with Gasteiger partial charge in [0.05, 0.1) is 12.9 Å². The molecule has 0 aromatic heterocycles. The van der Waals surface area contributed by atoms with Gasteiger partial charge in [0.1, 0.15) is 0 Å². The Balaban J connectivity index is 2.85. The van der Waals surface area contributed by atoms with Gasteiger partial charge in [0, 0.05) is 0 Å². The molecule has 0 spiro atoms. The molecule has 0 aliphatic heterocycles. The molecule has 0 saturated carbocycles. The third-order valence-corrected chi connectivity index (χ3v) is 1.22. The van der Waals surface area contributed by atoms with Gasteiger partial charge in [-0.15, -0.1) is 0 Å². The second kappa shape index (κ2) is 9.50. The van der Waals surface area contributed by atoms with Crippen LogP contribution in [0.5, 0.6) is 0 Å². The van der Waals surface area contributed by atoms with Crippen molar-refractivity contribution in [2.75, 3.05) is 13.4 Å². The summed E-state index contributed by atoms with van der Waals surface area (Å²) >= 11 is 0. The molecule has 2 nitrogen and oxygen atoms in total. The van der Waals surface area contributed by atoms with E-state index in [2.05, 4.69) is 13.8 Å². The Morgan fingerprint density at radius 2 is 2.09 bits per heavy atom. The van der Waals surface area contributed by atoms with E-state index < -0.39 is 0 Å². The quantitative estimate of drug-likeness (QED) is 0.322. The smallest absolute Gasteiger partial charge is 0.188 e. The lowest BCUT2D eigenvalue weighted by molar-refractivity contribution is -0.0124. The van der Waals surface area contributed by atoms with Crippen LogP contribution in [0, 0.1) is 0 Å². The lowest BCUT2D eigenvalue weighted by atomic mass is 10.4. The molecule has 0 amide bonds. The largest absolute Gasteiger partial charge is 0.475 e. The molecular formula is C9H18O2. The molecule has 0 aliphatic rings. The number of unbranched alkanes of at least 4 members (excludes halogenated alkanes) is 1. The first-order chi connectivity index (χ1) is 5.41. The van der Waals surface area contributed by atoms with Crippen LogP contribution < -0.4 is 0 Å². The van der Waals surface area contributed by atoms with Crippen molar-refractivity contribution in [2.24, 2.45) is 0 Å². The van der Waals surface area contributed by atoms with E-state index in [-0.39, 0.29) is 0 Å². The summed E-state index contributed by atoms with van der Waals surface area (Å²) in [4.78, 5) is 0. The summed E-state index contributed by atoms with van der Waals surface area (Å²) in [6, 6.07) is 0. The first kappa shape index (κ1) is 10.5. The minimum atomic E-state index is 0.385. The van der Waals surface area contributed by atoms with Crippen LogP contribution in [-0.2, 0) is 9.47 Å². The molecule has 0 heterocycles. The maximum atomic E-state index is 5.15. The van der Waals surface area contributed by atoms with Gasteiger partial charge in [-0.05, 0) is 18.9 Å². The van der Waals surface area contributed by atoms with Crippen LogP contribution in [0.4, 0.5) is 0 Å². The van der Waals surface area contributed by atoms with Gasteiger partial charge >= 0.3 is 0 Å². The molecule has 0 aromatic carbocycles. The van der Waals surface area contributed by atoms with E-state index in [1.165, 1.54) is 6.42 Å². The number of rotatable bonds is 7. The molecule has 11 heavy (non-hydrogen) atoms. The highest BCUT2D eigenvalue weighted by atomic mass is 16.7. The van der Waals surface area contributed by atoms with Crippen LogP contribution in [0.25, 0.3) is 0 Å². The first-order valence-corrected chi connectivity index (χ1v) is 4.26. The van der Waals surface area contributed by atoms with E-state index in [1.54, 1.807) is 6.26 Å². The highest BCUT2D eigenvalue weighted by Crippen LogP contribution is 1.88.